The van der Waals surface area contributed by atoms with E-state index in [-0.39, 0.29) is 29.0 Å². The summed E-state index contributed by atoms with van der Waals surface area (Å²) in [6.45, 7) is 0.0180. The predicted molar refractivity (Wildman–Crippen MR) is 134 cm³/mol. The minimum Gasteiger partial charge on any atom is -0.423 e. The Morgan fingerprint density at radius 3 is 2.43 bits per heavy atom. The molecule has 0 aromatic heterocycles. The lowest BCUT2D eigenvalue weighted by Gasteiger charge is -2.27. The fraction of sp³-hybridized carbons (Fsp3) is 0.214. The van der Waals surface area contributed by atoms with Crippen LogP contribution in [0.3, 0.4) is 0 Å². The fourth-order valence-corrected chi connectivity index (χ4v) is 5.86. The maximum atomic E-state index is 13.0. The van der Waals surface area contributed by atoms with E-state index in [1.165, 1.54) is 23.8 Å². The second kappa shape index (κ2) is 8.31. The molecule has 174 valence electrons. The summed E-state index contributed by atoms with van der Waals surface area (Å²) in [7, 11) is -1.70. The van der Waals surface area contributed by atoms with Crippen molar-refractivity contribution in [1.29, 1.82) is 0 Å². The van der Waals surface area contributed by atoms with Crippen LogP contribution in [0.5, 0.6) is 0 Å². The first-order valence-corrected chi connectivity index (χ1v) is 11.9. The molecule has 1 saturated carbocycles. The van der Waals surface area contributed by atoms with Gasteiger partial charge in [0.05, 0.1) is 12.2 Å². The molecule has 1 fully saturated rings. The molecule has 2 unspecified atom stereocenters. The molecule has 0 bridgehead atoms. The second-order valence-corrected chi connectivity index (χ2v) is 9.51. The van der Waals surface area contributed by atoms with Crippen LogP contribution in [0.2, 0.25) is 0 Å². The maximum absolute atomic E-state index is 13.0. The number of anilines is 2. The Labute approximate surface area is 203 Å². The molecular formula is C28H24BNO5. The SMILES string of the molecule is O=C1C(=Cc2ccc3c(c2)C2CCCC2N3c2ccc(CO)cc2)C(=O)c2cc(B(O)O)ccc21. The van der Waals surface area contributed by atoms with Crippen molar-refractivity contribution in [3.8, 4) is 0 Å². The number of allylic oxidation sites excluding steroid dienone is 1. The highest BCUT2D eigenvalue weighted by Gasteiger charge is 2.42. The largest absolute Gasteiger partial charge is 0.488 e. The average Bonchev–Trinajstić information content (AvgIpc) is 3.53. The van der Waals surface area contributed by atoms with Crippen LogP contribution in [-0.2, 0) is 6.61 Å². The van der Waals surface area contributed by atoms with E-state index in [0.29, 0.717) is 17.5 Å². The van der Waals surface area contributed by atoms with E-state index in [4.69, 9.17) is 0 Å². The summed E-state index contributed by atoms with van der Waals surface area (Å²) in [5, 5.41) is 28.3. The second-order valence-electron chi connectivity index (χ2n) is 9.51. The van der Waals surface area contributed by atoms with E-state index in [1.54, 1.807) is 6.08 Å². The van der Waals surface area contributed by atoms with Gasteiger partial charge >= 0.3 is 7.12 Å². The van der Waals surface area contributed by atoms with Crippen LogP contribution >= 0.6 is 0 Å². The third-order valence-corrected chi connectivity index (χ3v) is 7.55. The minimum atomic E-state index is -1.70. The van der Waals surface area contributed by atoms with Crippen molar-refractivity contribution in [2.75, 3.05) is 4.90 Å². The molecule has 0 saturated heterocycles. The summed E-state index contributed by atoms with van der Waals surface area (Å²) < 4.78 is 0. The molecule has 0 spiro atoms. The van der Waals surface area contributed by atoms with Gasteiger partial charge in [0.25, 0.3) is 0 Å². The van der Waals surface area contributed by atoms with Gasteiger partial charge in [-0.05, 0) is 65.3 Å². The number of fused-ring (bicyclic) bond motifs is 4. The summed E-state index contributed by atoms with van der Waals surface area (Å²) >= 11 is 0. The molecule has 3 aliphatic rings. The monoisotopic (exact) mass is 465 g/mol. The summed E-state index contributed by atoms with van der Waals surface area (Å²) in [6, 6.07) is 18.8. The topological polar surface area (TPSA) is 98.1 Å². The van der Waals surface area contributed by atoms with Gasteiger partial charge in [-0.15, -0.1) is 0 Å². The van der Waals surface area contributed by atoms with Crippen LogP contribution in [-0.4, -0.2) is 39.9 Å². The number of aliphatic hydroxyl groups excluding tert-OH is 1. The lowest BCUT2D eigenvalue weighted by Crippen LogP contribution is -2.30. The summed E-state index contributed by atoms with van der Waals surface area (Å²) in [5.41, 5.74) is 5.94. The summed E-state index contributed by atoms with van der Waals surface area (Å²) in [6.07, 6.45) is 5.00. The molecule has 0 amide bonds. The van der Waals surface area contributed by atoms with Gasteiger partial charge in [0.2, 0.25) is 0 Å². The highest BCUT2D eigenvalue weighted by Crippen LogP contribution is 2.52. The molecule has 7 heteroatoms. The smallest absolute Gasteiger partial charge is 0.423 e. The molecule has 3 N–H and O–H groups in total. The van der Waals surface area contributed by atoms with E-state index in [2.05, 4.69) is 29.2 Å². The van der Waals surface area contributed by atoms with E-state index >= 15 is 0 Å². The average molecular weight is 465 g/mol. The number of carbonyl (C=O) groups is 2. The zero-order valence-corrected chi connectivity index (χ0v) is 19.0. The first-order chi connectivity index (χ1) is 17.0. The number of Topliss-reactive ketones (excluding diaryl/α,β-unsaturated/α-hetero) is 2. The lowest BCUT2D eigenvalue weighted by molar-refractivity contribution is 0.0990. The van der Waals surface area contributed by atoms with Crippen LogP contribution in [0.4, 0.5) is 11.4 Å². The fourth-order valence-electron chi connectivity index (χ4n) is 5.86. The molecule has 6 nitrogen and oxygen atoms in total. The number of nitrogens with zero attached hydrogens (tertiary/aromatic N) is 1. The number of aliphatic hydroxyl groups is 1. The predicted octanol–water partition coefficient (Wildman–Crippen LogP) is 3.11. The first kappa shape index (κ1) is 22.0. The van der Waals surface area contributed by atoms with Crippen molar-refractivity contribution >= 4 is 41.6 Å². The molecule has 1 heterocycles. The van der Waals surface area contributed by atoms with Crippen molar-refractivity contribution in [3.05, 3.63) is 94.1 Å². The van der Waals surface area contributed by atoms with Crippen molar-refractivity contribution < 1.29 is 24.7 Å². The third kappa shape index (κ3) is 3.47. The quantitative estimate of drug-likeness (QED) is 0.311. The van der Waals surface area contributed by atoms with Gasteiger partial charge in [-0.3, -0.25) is 9.59 Å². The zero-order chi connectivity index (χ0) is 24.3. The standard InChI is InChI=1S/C28H24BNO5/c31-15-16-4-8-19(9-5-16)30-25-3-1-2-20(25)22-12-17(6-11-26(22)30)13-24-27(32)21-10-7-18(29(34)35)14-23(21)28(24)33/h4-14,20,25,31,34-35H,1-3,15H2. The Balaban J connectivity index is 1.37. The van der Waals surface area contributed by atoms with Gasteiger partial charge in [-0.2, -0.15) is 0 Å². The number of carbonyl (C=O) groups excluding carboxylic acids is 2. The number of benzene rings is 3. The number of hydrogen-bond donors (Lipinski definition) is 3. The van der Waals surface area contributed by atoms with Crippen LogP contribution in [0.25, 0.3) is 6.08 Å². The molecule has 6 rings (SSSR count). The van der Waals surface area contributed by atoms with Crippen molar-refractivity contribution in [1.82, 2.24) is 0 Å². The summed E-state index contributed by atoms with van der Waals surface area (Å²) in [4.78, 5) is 28.4. The molecule has 1 aliphatic heterocycles. The minimum absolute atomic E-state index is 0.0180. The Morgan fingerprint density at radius 2 is 1.69 bits per heavy atom. The molecule has 0 radical (unpaired) electrons. The molecule has 2 atom stereocenters. The van der Waals surface area contributed by atoms with Gasteiger partial charge < -0.3 is 20.1 Å². The van der Waals surface area contributed by atoms with E-state index in [0.717, 1.165) is 41.8 Å². The van der Waals surface area contributed by atoms with Gasteiger partial charge in [0, 0.05) is 34.5 Å². The van der Waals surface area contributed by atoms with E-state index < -0.39 is 12.9 Å². The van der Waals surface area contributed by atoms with E-state index in [1.807, 2.05) is 18.2 Å². The summed E-state index contributed by atoms with van der Waals surface area (Å²) in [5.74, 6) is -0.340. The van der Waals surface area contributed by atoms with Gasteiger partial charge in [0.15, 0.2) is 11.6 Å². The zero-order valence-electron chi connectivity index (χ0n) is 19.0. The Hall–Kier alpha value is -3.52. The maximum Gasteiger partial charge on any atom is 0.488 e. The molecule has 35 heavy (non-hydrogen) atoms. The van der Waals surface area contributed by atoms with Gasteiger partial charge in [-0.25, -0.2) is 0 Å². The van der Waals surface area contributed by atoms with Crippen LogP contribution in [0.1, 0.15) is 62.6 Å². The van der Waals surface area contributed by atoms with Crippen LogP contribution in [0, 0.1) is 0 Å². The number of ketones is 2. The normalized spacial score (nSPS) is 21.5. The van der Waals surface area contributed by atoms with Crippen molar-refractivity contribution in [2.45, 2.75) is 37.8 Å². The molecule has 2 aliphatic carbocycles. The van der Waals surface area contributed by atoms with Crippen LogP contribution in [0.15, 0.2) is 66.2 Å². The molecular weight excluding hydrogens is 441 g/mol. The Bertz CT molecular complexity index is 1390. The molecule has 3 aromatic carbocycles. The molecule has 3 aromatic rings. The highest BCUT2D eigenvalue weighted by molar-refractivity contribution is 6.59. The van der Waals surface area contributed by atoms with Gasteiger partial charge in [0.1, 0.15) is 0 Å². The van der Waals surface area contributed by atoms with E-state index in [9.17, 15) is 24.7 Å². The number of hydrogen-bond acceptors (Lipinski definition) is 6. The van der Waals surface area contributed by atoms with Gasteiger partial charge in [-0.1, -0.05) is 42.8 Å². The van der Waals surface area contributed by atoms with Crippen molar-refractivity contribution in [3.63, 3.8) is 0 Å². The van der Waals surface area contributed by atoms with Crippen molar-refractivity contribution in [2.24, 2.45) is 0 Å². The Kier molecular flexibility index (Phi) is 5.22. The first-order valence-electron chi connectivity index (χ1n) is 11.9. The third-order valence-electron chi connectivity index (χ3n) is 7.55. The number of rotatable bonds is 4. The highest BCUT2D eigenvalue weighted by atomic mass is 16.4. The van der Waals surface area contributed by atoms with Crippen LogP contribution < -0.4 is 10.4 Å². The Morgan fingerprint density at radius 1 is 0.914 bits per heavy atom. The lowest BCUT2D eigenvalue weighted by atomic mass is 9.79.